The van der Waals surface area contributed by atoms with Crippen molar-refractivity contribution < 1.29 is 19.2 Å². The van der Waals surface area contributed by atoms with Crippen LogP contribution in [0.15, 0.2) is 53.0 Å². The van der Waals surface area contributed by atoms with Crippen LogP contribution in [0, 0.1) is 0 Å². The van der Waals surface area contributed by atoms with Crippen molar-refractivity contribution in [1.29, 1.82) is 0 Å². The van der Waals surface area contributed by atoms with Gasteiger partial charge in [0.15, 0.2) is 0 Å². The van der Waals surface area contributed by atoms with Crippen LogP contribution in [0.25, 0.3) is 0 Å². The minimum Gasteiger partial charge on any atom is -0.366 e. The molecule has 5 amide bonds. The number of carbonyl (C=O) groups excluding carboxylic acids is 4. The van der Waals surface area contributed by atoms with Gasteiger partial charge in [0.25, 0.3) is 5.91 Å². The molecule has 0 bridgehead atoms. The van der Waals surface area contributed by atoms with Crippen molar-refractivity contribution in [1.82, 2.24) is 10.2 Å². The van der Waals surface area contributed by atoms with Crippen molar-refractivity contribution in [2.24, 2.45) is 5.73 Å². The maximum atomic E-state index is 12.8. The molecule has 0 aromatic heterocycles. The van der Waals surface area contributed by atoms with Gasteiger partial charge in [-0.3, -0.25) is 19.3 Å². The van der Waals surface area contributed by atoms with Crippen LogP contribution in [-0.2, 0) is 15.1 Å². The average Bonchev–Trinajstić information content (AvgIpc) is 2.86. The van der Waals surface area contributed by atoms with Gasteiger partial charge < -0.3 is 16.4 Å². The van der Waals surface area contributed by atoms with Crippen LogP contribution in [0.2, 0.25) is 0 Å². The van der Waals surface area contributed by atoms with E-state index in [-0.39, 0.29) is 0 Å². The van der Waals surface area contributed by atoms with E-state index in [1.807, 2.05) is 0 Å². The van der Waals surface area contributed by atoms with Crippen LogP contribution in [0.5, 0.6) is 0 Å². The van der Waals surface area contributed by atoms with E-state index in [9.17, 15) is 19.2 Å². The lowest BCUT2D eigenvalue weighted by Crippen LogP contribution is -2.42. The van der Waals surface area contributed by atoms with Gasteiger partial charge in [0.05, 0.1) is 0 Å². The summed E-state index contributed by atoms with van der Waals surface area (Å²) >= 11 is 3.33. The SMILES string of the molecule is CC1(c2ccc(Br)cc2)NC(=O)N(CC(=O)Nc2ccc(C(N)=O)cc2)C1=O. The van der Waals surface area contributed by atoms with Gasteiger partial charge in [0.1, 0.15) is 12.1 Å². The number of nitrogens with zero attached hydrogens (tertiary/aromatic N) is 1. The maximum absolute atomic E-state index is 12.8. The lowest BCUT2D eigenvalue weighted by Gasteiger charge is -2.22. The van der Waals surface area contributed by atoms with E-state index in [0.29, 0.717) is 16.8 Å². The second-order valence-electron chi connectivity index (χ2n) is 6.44. The normalized spacial score (nSPS) is 18.7. The van der Waals surface area contributed by atoms with Crippen molar-refractivity contribution in [3.63, 3.8) is 0 Å². The highest BCUT2D eigenvalue weighted by Gasteiger charge is 2.49. The Labute approximate surface area is 169 Å². The van der Waals surface area contributed by atoms with E-state index in [2.05, 4.69) is 26.6 Å². The fourth-order valence-electron chi connectivity index (χ4n) is 2.88. The predicted molar refractivity (Wildman–Crippen MR) is 105 cm³/mol. The van der Waals surface area contributed by atoms with Crippen LogP contribution in [-0.4, -0.2) is 35.2 Å². The van der Waals surface area contributed by atoms with Crippen LogP contribution in [0.1, 0.15) is 22.8 Å². The third-order valence-electron chi connectivity index (χ3n) is 4.45. The summed E-state index contributed by atoms with van der Waals surface area (Å²) in [6.07, 6.45) is 0. The molecule has 8 nitrogen and oxygen atoms in total. The number of urea groups is 1. The number of hydrogen-bond donors (Lipinski definition) is 3. The molecule has 1 heterocycles. The molecule has 9 heteroatoms. The van der Waals surface area contributed by atoms with Gasteiger partial charge in [-0.15, -0.1) is 0 Å². The van der Waals surface area contributed by atoms with Crippen molar-refractivity contribution in [3.8, 4) is 0 Å². The Bertz CT molecular complexity index is 959. The third-order valence-corrected chi connectivity index (χ3v) is 4.98. The number of carbonyl (C=O) groups is 4. The molecule has 0 aliphatic carbocycles. The Morgan fingerprint density at radius 1 is 1.11 bits per heavy atom. The highest BCUT2D eigenvalue weighted by Crippen LogP contribution is 2.29. The molecule has 1 atom stereocenters. The molecule has 1 aliphatic rings. The summed E-state index contributed by atoms with van der Waals surface area (Å²) in [4.78, 5) is 49.4. The van der Waals surface area contributed by atoms with E-state index in [0.717, 1.165) is 9.37 Å². The summed E-state index contributed by atoms with van der Waals surface area (Å²) in [5, 5.41) is 5.23. The average molecular weight is 445 g/mol. The zero-order valence-electron chi connectivity index (χ0n) is 14.9. The molecule has 144 valence electrons. The summed E-state index contributed by atoms with van der Waals surface area (Å²) in [5.74, 6) is -1.64. The number of benzene rings is 2. The summed E-state index contributed by atoms with van der Waals surface area (Å²) < 4.78 is 0.843. The zero-order valence-corrected chi connectivity index (χ0v) is 16.4. The summed E-state index contributed by atoms with van der Waals surface area (Å²) in [6.45, 7) is 1.16. The number of halogens is 1. The molecule has 1 saturated heterocycles. The van der Waals surface area contributed by atoms with Crippen molar-refractivity contribution >= 4 is 45.4 Å². The molecule has 2 aromatic carbocycles. The van der Waals surface area contributed by atoms with Crippen LogP contribution in [0.4, 0.5) is 10.5 Å². The number of imide groups is 1. The van der Waals surface area contributed by atoms with E-state index in [1.165, 1.54) is 24.3 Å². The smallest absolute Gasteiger partial charge is 0.325 e. The van der Waals surface area contributed by atoms with E-state index >= 15 is 0 Å². The van der Waals surface area contributed by atoms with Crippen molar-refractivity contribution in [2.75, 3.05) is 11.9 Å². The van der Waals surface area contributed by atoms with Crippen LogP contribution < -0.4 is 16.4 Å². The fraction of sp³-hybridized carbons (Fsp3) is 0.158. The Balaban J connectivity index is 1.70. The fourth-order valence-corrected chi connectivity index (χ4v) is 3.15. The molecule has 0 radical (unpaired) electrons. The molecule has 1 unspecified atom stereocenters. The number of anilines is 1. The van der Waals surface area contributed by atoms with Gasteiger partial charge in [-0.1, -0.05) is 28.1 Å². The van der Waals surface area contributed by atoms with Gasteiger partial charge in [-0.05, 0) is 48.9 Å². The standard InChI is InChI=1S/C19H17BrN4O4/c1-19(12-4-6-13(20)7-5-12)17(27)24(18(28)23-19)10-15(25)22-14-8-2-11(3-9-14)16(21)26/h2-9H,10H2,1H3,(H2,21,26)(H,22,25)(H,23,28). The molecule has 4 N–H and O–H groups in total. The Morgan fingerprint density at radius 3 is 2.29 bits per heavy atom. The molecular weight excluding hydrogens is 428 g/mol. The number of hydrogen-bond acceptors (Lipinski definition) is 4. The van der Waals surface area contributed by atoms with E-state index in [1.54, 1.807) is 31.2 Å². The second kappa shape index (κ2) is 7.43. The number of primary amides is 1. The minimum atomic E-state index is -1.25. The second-order valence-corrected chi connectivity index (χ2v) is 7.36. The lowest BCUT2D eigenvalue weighted by atomic mass is 9.92. The van der Waals surface area contributed by atoms with E-state index < -0.39 is 35.8 Å². The third kappa shape index (κ3) is 3.74. The summed E-state index contributed by atoms with van der Waals surface area (Å²) in [7, 11) is 0. The zero-order chi connectivity index (χ0) is 20.5. The highest BCUT2D eigenvalue weighted by molar-refractivity contribution is 9.10. The molecule has 3 rings (SSSR count). The summed E-state index contributed by atoms with van der Waals surface area (Å²) in [5.41, 5.74) is 5.25. The molecule has 1 fully saturated rings. The Kier molecular flexibility index (Phi) is 5.19. The van der Waals surface area contributed by atoms with Gasteiger partial charge in [0.2, 0.25) is 11.8 Å². The first-order valence-corrected chi connectivity index (χ1v) is 9.10. The van der Waals surface area contributed by atoms with Gasteiger partial charge in [-0.2, -0.15) is 0 Å². The summed E-state index contributed by atoms with van der Waals surface area (Å²) in [6, 6.07) is 12.3. The minimum absolute atomic E-state index is 0.303. The predicted octanol–water partition coefficient (Wildman–Crippen LogP) is 1.95. The first-order valence-electron chi connectivity index (χ1n) is 8.30. The Hall–Kier alpha value is -3.20. The molecule has 0 spiro atoms. The first-order chi connectivity index (χ1) is 13.2. The number of nitrogens with two attached hydrogens (primary N) is 1. The van der Waals surface area contributed by atoms with Gasteiger partial charge >= 0.3 is 6.03 Å². The van der Waals surface area contributed by atoms with E-state index in [4.69, 9.17) is 5.73 Å². The van der Waals surface area contributed by atoms with Gasteiger partial charge in [0, 0.05) is 15.7 Å². The topological polar surface area (TPSA) is 122 Å². The van der Waals surface area contributed by atoms with Crippen LogP contribution >= 0.6 is 15.9 Å². The molecule has 1 aliphatic heterocycles. The maximum Gasteiger partial charge on any atom is 0.325 e. The van der Waals surface area contributed by atoms with Crippen molar-refractivity contribution in [3.05, 3.63) is 64.1 Å². The van der Waals surface area contributed by atoms with Crippen molar-refractivity contribution in [2.45, 2.75) is 12.5 Å². The largest absolute Gasteiger partial charge is 0.366 e. The Morgan fingerprint density at radius 2 is 1.71 bits per heavy atom. The van der Waals surface area contributed by atoms with Gasteiger partial charge in [-0.25, -0.2) is 4.79 Å². The molecule has 28 heavy (non-hydrogen) atoms. The number of nitrogens with one attached hydrogen (secondary N) is 2. The molecular formula is C19H17BrN4O4. The molecule has 0 saturated carbocycles. The monoisotopic (exact) mass is 444 g/mol. The van der Waals surface area contributed by atoms with Crippen LogP contribution in [0.3, 0.4) is 0 Å². The lowest BCUT2D eigenvalue weighted by molar-refractivity contribution is -0.133. The first kappa shape index (κ1) is 19.6. The highest BCUT2D eigenvalue weighted by atomic mass is 79.9. The quantitative estimate of drug-likeness (QED) is 0.609. The molecule has 2 aromatic rings. The number of rotatable bonds is 5. The number of amides is 5.